The molecule has 1 aromatic carbocycles. The number of nitrogens with one attached hydrogen (secondary N) is 1. The van der Waals surface area contributed by atoms with Crippen LogP contribution in [0, 0.1) is 6.92 Å². The Kier molecular flexibility index (Phi) is 4.44. The molecule has 3 rings (SSSR count). The lowest BCUT2D eigenvalue weighted by Gasteiger charge is -2.28. The molecule has 0 aliphatic heterocycles. The van der Waals surface area contributed by atoms with Crippen molar-refractivity contribution in [1.82, 2.24) is 10.3 Å². The molecule has 1 aliphatic rings. The van der Waals surface area contributed by atoms with E-state index < -0.39 is 0 Å². The van der Waals surface area contributed by atoms with E-state index in [4.69, 9.17) is 23.2 Å². The lowest BCUT2D eigenvalue weighted by molar-refractivity contribution is 0.0898. The second-order valence-corrected chi connectivity index (χ2v) is 7.34. The molecule has 22 heavy (non-hydrogen) atoms. The molecule has 0 bridgehead atoms. The molecule has 1 fully saturated rings. The molecule has 0 saturated heterocycles. The van der Waals surface area contributed by atoms with Crippen LogP contribution in [0.3, 0.4) is 0 Å². The highest BCUT2D eigenvalue weighted by Gasteiger charge is 2.39. The van der Waals surface area contributed by atoms with E-state index in [0.717, 1.165) is 36.4 Å². The van der Waals surface area contributed by atoms with Gasteiger partial charge in [0.05, 0.1) is 15.6 Å². The van der Waals surface area contributed by atoms with Crippen LogP contribution in [0.2, 0.25) is 10.0 Å². The number of amides is 1. The number of aryl methyl sites for hydroxylation is 1. The van der Waals surface area contributed by atoms with Gasteiger partial charge in [-0.2, -0.15) is 0 Å². The molecule has 0 radical (unpaired) electrons. The fraction of sp³-hybridized carbons (Fsp3) is 0.375. The van der Waals surface area contributed by atoms with Crippen molar-refractivity contribution in [2.45, 2.75) is 38.1 Å². The zero-order valence-electron chi connectivity index (χ0n) is 12.2. The van der Waals surface area contributed by atoms with Crippen molar-refractivity contribution in [2.24, 2.45) is 0 Å². The highest BCUT2D eigenvalue weighted by molar-refractivity contribution is 7.09. The van der Waals surface area contributed by atoms with E-state index in [-0.39, 0.29) is 11.4 Å². The van der Waals surface area contributed by atoms with E-state index in [9.17, 15) is 4.79 Å². The smallest absolute Gasteiger partial charge is 0.252 e. The van der Waals surface area contributed by atoms with Crippen molar-refractivity contribution in [3.63, 3.8) is 0 Å². The molecule has 1 aliphatic carbocycles. The Morgan fingerprint density at radius 2 is 2.00 bits per heavy atom. The van der Waals surface area contributed by atoms with Gasteiger partial charge in [-0.25, -0.2) is 4.98 Å². The van der Waals surface area contributed by atoms with E-state index in [1.165, 1.54) is 0 Å². The van der Waals surface area contributed by atoms with Crippen molar-refractivity contribution in [3.05, 3.63) is 49.9 Å². The third kappa shape index (κ3) is 3.00. The molecule has 1 N–H and O–H groups in total. The van der Waals surface area contributed by atoms with Gasteiger partial charge in [-0.1, -0.05) is 36.0 Å². The van der Waals surface area contributed by atoms with Crippen LogP contribution >= 0.6 is 34.5 Å². The van der Waals surface area contributed by atoms with Gasteiger partial charge in [0, 0.05) is 16.6 Å². The fourth-order valence-electron chi connectivity index (χ4n) is 2.87. The Labute approximate surface area is 143 Å². The number of hydrogen-bond donors (Lipinski definition) is 1. The predicted molar refractivity (Wildman–Crippen MR) is 90.9 cm³/mol. The number of hydrogen-bond acceptors (Lipinski definition) is 3. The molecule has 116 valence electrons. The van der Waals surface area contributed by atoms with Crippen molar-refractivity contribution < 1.29 is 4.79 Å². The maximum Gasteiger partial charge on any atom is 0.252 e. The van der Waals surface area contributed by atoms with Crippen molar-refractivity contribution in [1.29, 1.82) is 0 Å². The van der Waals surface area contributed by atoms with Crippen molar-refractivity contribution in [2.75, 3.05) is 0 Å². The molecular formula is C16H16Cl2N2OS. The standard InChI is InChI=1S/C16H16Cl2N2OS/c1-10-9-22-15(19-10)16(6-2-3-7-16)20-14(21)11-4-5-12(17)13(18)8-11/h4-5,8-9H,2-3,6-7H2,1H3,(H,20,21). The summed E-state index contributed by atoms with van der Waals surface area (Å²) < 4.78 is 0. The van der Waals surface area contributed by atoms with E-state index >= 15 is 0 Å². The summed E-state index contributed by atoms with van der Waals surface area (Å²) in [4.78, 5) is 17.2. The molecule has 0 atom stereocenters. The maximum absolute atomic E-state index is 12.6. The first-order chi connectivity index (χ1) is 10.5. The summed E-state index contributed by atoms with van der Waals surface area (Å²) in [5.41, 5.74) is 1.17. The minimum atomic E-state index is -0.345. The topological polar surface area (TPSA) is 42.0 Å². The van der Waals surface area contributed by atoms with E-state index in [1.807, 2.05) is 12.3 Å². The summed E-state index contributed by atoms with van der Waals surface area (Å²) in [5.74, 6) is -0.131. The minimum Gasteiger partial charge on any atom is -0.340 e. The van der Waals surface area contributed by atoms with Crippen LogP contribution in [-0.4, -0.2) is 10.9 Å². The minimum absolute atomic E-state index is 0.131. The van der Waals surface area contributed by atoms with E-state index in [1.54, 1.807) is 29.5 Å². The Bertz CT molecular complexity index is 708. The second kappa shape index (κ2) is 6.19. The Morgan fingerprint density at radius 1 is 1.27 bits per heavy atom. The lowest BCUT2D eigenvalue weighted by atomic mass is 9.97. The van der Waals surface area contributed by atoms with Crippen LogP contribution < -0.4 is 5.32 Å². The lowest BCUT2D eigenvalue weighted by Crippen LogP contribution is -2.43. The molecule has 1 heterocycles. The zero-order chi connectivity index (χ0) is 15.7. The monoisotopic (exact) mass is 354 g/mol. The number of nitrogens with zero attached hydrogens (tertiary/aromatic N) is 1. The van der Waals surface area contributed by atoms with Crippen molar-refractivity contribution >= 4 is 40.4 Å². The zero-order valence-corrected chi connectivity index (χ0v) is 14.5. The van der Waals surface area contributed by atoms with E-state index in [0.29, 0.717) is 15.6 Å². The molecule has 1 aromatic heterocycles. The second-order valence-electron chi connectivity index (χ2n) is 5.67. The molecule has 0 spiro atoms. The van der Waals surface area contributed by atoms with Gasteiger partial charge in [-0.3, -0.25) is 4.79 Å². The van der Waals surface area contributed by atoms with Gasteiger partial charge in [-0.15, -0.1) is 11.3 Å². The largest absolute Gasteiger partial charge is 0.340 e. The summed E-state index contributed by atoms with van der Waals surface area (Å²) in [6.07, 6.45) is 4.04. The summed E-state index contributed by atoms with van der Waals surface area (Å²) >= 11 is 13.5. The van der Waals surface area contributed by atoms with Crippen LogP contribution in [0.5, 0.6) is 0 Å². The normalized spacial score (nSPS) is 16.7. The fourth-order valence-corrected chi connectivity index (χ4v) is 4.18. The van der Waals surface area contributed by atoms with Gasteiger partial charge in [0.15, 0.2) is 0 Å². The van der Waals surface area contributed by atoms with Gasteiger partial charge in [0.2, 0.25) is 0 Å². The van der Waals surface area contributed by atoms with Crippen molar-refractivity contribution in [3.8, 4) is 0 Å². The van der Waals surface area contributed by atoms with Gasteiger partial charge >= 0.3 is 0 Å². The number of halogens is 2. The first-order valence-corrected chi connectivity index (χ1v) is 8.84. The first kappa shape index (κ1) is 15.8. The SMILES string of the molecule is Cc1csc(C2(NC(=O)c3ccc(Cl)c(Cl)c3)CCCC2)n1. The van der Waals surface area contributed by atoms with Crippen LogP contribution in [0.4, 0.5) is 0 Å². The Balaban J connectivity index is 1.88. The summed E-state index contributed by atoms with van der Waals surface area (Å²) in [7, 11) is 0. The number of thiazole rings is 1. The highest BCUT2D eigenvalue weighted by Crippen LogP contribution is 2.40. The third-order valence-corrected chi connectivity index (χ3v) is 5.92. The Morgan fingerprint density at radius 3 is 2.59 bits per heavy atom. The number of aromatic nitrogens is 1. The molecule has 6 heteroatoms. The third-order valence-electron chi connectivity index (χ3n) is 4.02. The van der Waals surface area contributed by atoms with Crippen LogP contribution in [0.25, 0.3) is 0 Å². The highest BCUT2D eigenvalue weighted by atomic mass is 35.5. The summed E-state index contributed by atoms with van der Waals surface area (Å²) in [6.45, 7) is 1.98. The molecular weight excluding hydrogens is 339 g/mol. The maximum atomic E-state index is 12.6. The molecule has 2 aromatic rings. The number of benzene rings is 1. The summed E-state index contributed by atoms with van der Waals surface area (Å²) in [5, 5.41) is 7.05. The summed E-state index contributed by atoms with van der Waals surface area (Å²) in [6, 6.07) is 4.95. The molecule has 1 amide bonds. The number of carbonyl (C=O) groups excluding carboxylic acids is 1. The first-order valence-electron chi connectivity index (χ1n) is 7.20. The average molecular weight is 355 g/mol. The molecule has 1 saturated carbocycles. The quantitative estimate of drug-likeness (QED) is 0.846. The van der Waals surface area contributed by atoms with Gasteiger partial charge in [0.1, 0.15) is 5.01 Å². The number of rotatable bonds is 3. The molecule has 3 nitrogen and oxygen atoms in total. The van der Waals surface area contributed by atoms with Crippen LogP contribution in [-0.2, 0) is 5.54 Å². The Hall–Kier alpha value is -1.10. The average Bonchev–Trinajstić information content (AvgIpc) is 3.12. The van der Waals surface area contributed by atoms with Gasteiger partial charge < -0.3 is 5.32 Å². The predicted octanol–water partition coefficient (Wildman–Crippen LogP) is 4.96. The molecule has 0 unspecified atom stereocenters. The van der Waals surface area contributed by atoms with Gasteiger partial charge in [0.25, 0.3) is 5.91 Å². The van der Waals surface area contributed by atoms with Crippen LogP contribution in [0.15, 0.2) is 23.6 Å². The van der Waals surface area contributed by atoms with E-state index in [2.05, 4.69) is 10.3 Å². The van der Waals surface area contributed by atoms with Gasteiger partial charge in [-0.05, 0) is 38.0 Å². The van der Waals surface area contributed by atoms with Crippen LogP contribution in [0.1, 0.15) is 46.7 Å². The number of carbonyl (C=O) groups is 1.